The zero-order chi connectivity index (χ0) is 15.6. The molecule has 0 aliphatic carbocycles. The molecule has 3 heterocycles. The van der Waals surface area contributed by atoms with E-state index < -0.39 is 10.0 Å². The van der Waals surface area contributed by atoms with Crippen molar-refractivity contribution in [2.75, 3.05) is 35.9 Å². The Kier molecular flexibility index (Phi) is 4.67. The van der Waals surface area contributed by atoms with E-state index >= 15 is 0 Å². The fraction of sp³-hybridized carbons (Fsp3) is 0.308. The number of sulfonamides is 1. The van der Waals surface area contributed by atoms with Gasteiger partial charge < -0.3 is 9.64 Å². The van der Waals surface area contributed by atoms with Crippen LogP contribution in [-0.2, 0) is 14.8 Å². The molecule has 118 valence electrons. The molecule has 2 aromatic rings. The average molecular weight is 404 g/mol. The molecule has 0 radical (unpaired) electrons. The molecule has 0 aromatic carbocycles. The largest absolute Gasteiger partial charge is 0.378 e. The summed E-state index contributed by atoms with van der Waals surface area (Å²) in [7, 11) is -3.57. The summed E-state index contributed by atoms with van der Waals surface area (Å²) in [5.41, 5.74) is 0.446. The maximum atomic E-state index is 12.2. The zero-order valence-corrected chi connectivity index (χ0v) is 14.7. The quantitative estimate of drug-likeness (QED) is 0.848. The number of aromatic nitrogens is 1. The summed E-state index contributed by atoms with van der Waals surface area (Å²) in [5.74, 6) is 0.824. The highest BCUT2D eigenvalue weighted by Gasteiger charge is 2.17. The van der Waals surface area contributed by atoms with Crippen LogP contribution in [0, 0.1) is 0 Å². The number of rotatable bonds is 4. The van der Waals surface area contributed by atoms with E-state index in [1.807, 2.05) is 6.07 Å². The summed E-state index contributed by atoms with van der Waals surface area (Å²) in [5, 5.41) is 0. The molecular formula is C13H14BrN3O3S2. The maximum absolute atomic E-state index is 12.2. The lowest BCUT2D eigenvalue weighted by atomic mass is 10.3. The summed E-state index contributed by atoms with van der Waals surface area (Å²) < 4.78 is 33.3. The molecule has 1 fully saturated rings. The summed E-state index contributed by atoms with van der Waals surface area (Å²) in [6.45, 7) is 2.95. The van der Waals surface area contributed by atoms with Gasteiger partial charge in [0.1, 0.15) is 10.0 Å². The second-order valence-corrected chi connectivity index (χ2v) is 9.04. The monoisotopic (exact) mass is 403 g/mol. The van der Waals surface area contributed by atoms with E-state index in [9.17, 15) is 8.42 Å². The molecular weight excluding hydrogens is 390 g/mol. The predicted octanol–water partition coefficient (Wildman–Crippen LogP) is 2.54. The second kappa shape index (κ2) is 6.53. The topological polar surface area (TPSA) is 71.5 Å². The lowest BCUT2D eigenvalue weighted by Crippen LogP contribution is -2.36. The molecule has 1 aliphatic heterocycles. The van der Waals surface area contributed by atoms with Crippen molar-refractivity contribution >= 4 is 48.8 Å². The third-order valence-corrected chi connectivity index (χ3v) is 6.65. The standard InChI is InChI=1S/C13H14BrN3O3S2/c14-11-2-4-13(21-11)22(18,19)16-10-1-3-12(15-9-10)17-5-7-20-8-6-17/h1-4,9,16H,5-8H2. The Morgan fingerprint density at radius 2 is 2.00 bits per heavy atom. The minimum atomic E-state index is -3.57. The van der Waals surface area contributed by atoms with Crippen molar-refractivity contribution in [3.8, 4) is 0 Å². The van der Waals surface area contributed by atoms with Crippen molar-refractivity contribution in [3.05, 3.63) is 34.2 Å². The van der Waals surface area contributed by atoms with Gasteiger partial charge in [-0.05, 0) is 40.2 Å². The molecule has 1 N–H and O–H groups in total. The van der Waals surface area contributed by atoms with E-state index in [1.54, 1.807) is 18.2 Å². The van der Waals surface area contributed by atoms with Crippen LogP contribution in [0.15, 0.2) is 38.5 Å². The van der Waals surface area contributed by atoms with Gasteiger partial charge in [-0.3, -0.25) is 4.72 Å². The maximum Gasteiger partial charge on any atom is 0.271 e. The summed E-state index contributed by atoms with van der Waals surface area (Å²) in [4.78, 5) is 6.43. The third-order valence-electron chi connectivity index (χ3n) is 3.15. The van der Waals surface area contributed by atoms with Crippen LogP contribution in [0.25, 0.3) is 0 Å². The Bertz CT molecular complexity index is 740. The molecule has 3 rings (SSSR count). The van der Waals surface area contributed by atoms with Crippen LogP contribution < -0.4 is 9.62 Å². The highest BCUT2D eigenvalue weighted by Crippen LogP contribution is 2.27. The number of nitrogens with one attached hydrogen (secondary N) is 1. The number of thiophene rings is 1. The zero-order valence-electron chi connectivity index (χ0n) is 11.5. The minimum Gasteiger partial charge on any atom is -0.378 e. The van der Waals surface area contributed by atoms with Crippen molar-refractivity contribution in [1.82, 2.24) is 4.98 Å². The second-order valence-electron chi connectivity index (χ2n) is 4.67. The lowest BCUT2D eigenvalue weighted by Gasteiger charge is -2.27. The van der Waals surface area contributed by atoms with Crippen molar-refractivity contribution in [1.29, 1.82) is 0 Å². The molecule has 22 heavy (non-hydrogen) atoms. The third kappa shape index (κ3) is 3.60. The van der Waals surface area contributed by atoms with Crippen LogP contribution in [-0.4, -0.2) is 39.7 Å². The molecule has 0 atom stereocenters. The summed E-state index contributed by atoms with van der Waals surface area (Å²) in [6.07, 6.45) is 1.53. The number of nitrogens with zero attached hydrogens (tertiary/aromatic N) is 2. The molecule has 9 heteroatoms. The van der Waals surface area contributed by atoms with Crippen molar-refractivity contribution in [2.45, 2.75) is 4.21 Å². The lowest BCUT2D eigenvalue weighted by molar-refractivity contribution is 0.122. The Morgan fingerprint density at radius 1 is 1.23 bits per heavy atom. The smallest absolute Gasteiger partial charge is 0.271 e. The first-order chi connectivity index (χ1) is 10.5. The fourth-order valence-electron chi connectivity index (χ4n) is 2.07. The number of hydrogen-bond acceptors (Lipinski definition) is 6. The summed E-state index contributed by atoms with van der Waals surface area (Å²) >= 11 is 4.43. The average Bonchev–Trinajstić information content (AvgIpc) is 2.96. The van der Waals surface area contributed by atoms with Crippen LogP contribution >= 0.6 is 27.3 Å². The van der Waals surface area contributed by atoms with E-state index in [4.69, 9.17) is 4.74 Å². The SMILES string of the molecule is O=S(=O)(Nc1ccc(N2CCOCC2)nc1)c1ccc(Br)s1. The number of halogens is 1. The first-order valence-corrected chi connectivity index (χ1v) is 9.71. The van der Waals surface area contributed by atoms with E-state index in [0.717, 1.165) is 34.0 Å². The van der Waals surface area contributed by atoms with Crippen LogP contribution in [0.4, 0.5) is 11.5 Å². The Morgan fingerprint density at radius 3 is 2.59 bits per heavy atom. The molecule has 0 spiro atoms. The minimum absolute atomic E-state index is 0.261. The van der Waals surface area contributed by atoms with Gasteiger partial charge in [0.2, 0.25) is 0 Å². The Labute approximate surface area is 141 Å². The first kappa shape index (κ1) is 15.7. The normalized spacial score (nSPS) is 15.8. The number of hydrogen-bond donors (Lipinski definition) is 1. The number of pyridine rings is 1. The molecule has 0 unspecified atom stereocenters. The Balaban J connectivity index is 1.73. The van der Waals surface area contributed by atoms with Crippen LogP contribution in [0.2, 0.25) is 0 Å². The fourth-order valence-corrected chi connectivity index (χ4v) is 5.13. The van der Waals surface area contributed by atoms with Crippen LogP contribution in [0.5, 0.6) is 0 Å². The van der Waals surface area contributed by atoms with Gasteiger partial charge in [0.25, 0.3) is 10.0 Å². The van der Waals surface area contributed by atoms with Crippen molar-refractivity contribution in [3.63, 3.8) is 0 Å². The summed E-state index contributed by atoms with van der Waals surface area (Å²) in [6, 6.07) is 6.80. The molecule has 0 amide bonds. The van der Waals surface area contributed by atoms with Gasteiger partial charge in [-0.15, -0.1) is 11.3 Å². The van der Waals surface area contributed by atoms with E-state index in [2.05, 4.69) is 30.5 Å². The van der Waals surface area contributed by atoms with Gasteiger partial charge in [0.05, 0.1) is 28.9 Å². The molecule has 0 saturated carbocycles. The van der Waals surface area contributed by atoms with Gasteiger partial charge in [0, 0.05) is 13.1 Å². The van der Waals surface area contributed by atoms with Gasteiger partial charge in [-0.1, -0.05) is 0 Å². The van der Waals surface area contributed by atoms with Gasteiger partial charge in [0.15, 0.2) is 0 Å². The highest BCUT2D eigenvalue weighted by atomic mass is 79.9. The molecule has 0 bridgehead atoms. The first-order valence-electron chi connectivity index (χ1n) is 6.61. The number of anilines is 2. The Hall–Kier alpha value is -1.16. The van der Waals surface area contributed by atoms with Gasteiger partial charge in [-0.2, -0.15) is 0 Å². The molecule has 2 aromatic heterocycles. The van der Waals surface area contributed by atoms with Gasteiger partial charge >= 0.3 is 0 Å². The molecule has 6 nitrogen and oxygen atoms in total. The highest BCUT2D eigenvalue weighted by molar-refractivity contribution is 9.11. The predicted molar refractivity (Wildman–Crippen MR) is 90.1 cm³/mol. The van der Waals surface area contributed by atoms with E-state index in [-0.39, 0.29) is 4.21 Å². The molecule has 1 saturated heterocycles. The van der Waals surface area contributed by atoms with E-state index in [1.165, 1.54) is 6.20 Å². The number of ether oxygens (including phenoxy) is 1. The van der Waals surface area contributed by atoms with Crippen LogP contribution in [0.3, 0.4) is 0 Å². The van der Waals surface area contributed by atoms with Crippen molar-refractivity contribution in [2.24, 2.45) is 0 Å². The van der Waals surface area contributed by atoms with Crippen molar-refractivity contribution < 1.29 is 13.2 Å². The van der Waals surface area contributed by atoms with Gasteiger partial charge in [-0.25, -0.2) is 13.4 Å². The van der Waals surface area contributed by atoms with E-state index in [0.29, 0.717) is 18.9 Å². The molecule has 1 aliphatic rings. The number of morpholine rings is 1. The van der Waals surface area contributed by atoms with Crippen LogP contribution in [0.1, 0.15) is 0 Å².